The van der Waals surface area contributed by atoms with Crippen molar-refractivity contribution in [2.75, 3.05) is 19.6 Å². The Bertz CT molecular complexity index is 431. The van der Waals surface area contributed by atoms with E-state index in [9.17, 15) is 0 Å². The first-order valence-electron chi connectivity index (χ1n) is 8.80. The van der Waals surface area contributed by atoms with E-state index in [4.69, 9.17) is 0 Å². The molecule has 116 valence electrons. The first kappa shape index (κ1) is 15.1. The first-order chi connectivity index (χ1) is 10.3. The Hall–Kier alpha value is -0.860. The summed E-state index contributed by atoms with van der Waals surface area (Å²) in [6.07, 6.45) is 6.96. The Morgan fingerprint density at radius 3 is 2.43 bits per heavy atom. The predicted molar refractivity (Wildman–Crippen MR) is 89.5 cm³/mol. The molecule has 0 spiro atoms. The molecule has 2 heteroatoms. The van der Waals surface area contributed by atoms with Gasteiger partial charge in [0.2, 0.25) is 0 Å². The molecule has 0 radical (unpaired) electrons. The maximum absolute atomic E-state index is 3.77. The molecule has 0 aliphatic heterocycles. The van der Waals surface area contributed by atoms with Crippen molar-refractivity contribution in [2.45, 2.75) is 58.0 Å². The lowest BCUT2D eigenvalue weighted by molar-refractivity contribution is 0.224. The van der Waals surface area contributed by atoms with Gasteiger partial charge in [-0.05, 0) is 57.1 Å². The van der Waals surface area contributed by atoms with Crippen LogP contribution in [0.4, 0.5) is 0 Å². The molecule has 2 aliphatic rings. The van der Waals surface area contributed by atoms with E-state index in [-0.39, 0.29) is 0 Å². The van der Waals surface area contributed by atoms with Crippen molar-refractivity contribution in [2.24, 2.45) is 5.92 Å². The minimum atomic E-state index is 0.491. The Balaban J connectivity index is 1.66. The highest BCUT2D eigenvalue weighted by Gasteiger charge is 2.34. The number of benzene rings is 1. The minimum Gasteiger partial charge on any atom is -0.309 e. The second-order valence-corrected chi connectivity index (χ2v) is 7.05. The van der Waals surface area contributed by atoms with E-state index in [1.807, 2.05) is 0 Å². The molecule has 2 fully saturated rings. The van der Waals surface area contributed by atoms with Crippen LogP contribution < -0.4 is 5.32 Å². The number of hydrogen-bond donors (Lipinski definition) is 1. The molecule has 1 atom stereocenters. The van der Waals surface area contributed by atoms with Crippen molar-refractivity contribution in [3.8, 4) is 0 Å². The maximum atomic E-state index is 3.77. The summed E-state index contributed by atoms with van der Waals surface area (Å²) in [5.74, 6) is 0.996. The van der Waals surface area contributed by atoms with Crippen LogP contribution in [0.2, 0.25) is 0 Å². The van der Waals surface area contributed by atoms with Gasteiger partial charge in [0, 0.05) is 25.2 Å². The molecule has 0 aromatic heterocycles. The Kier molecular flexibility index (Phi) is 4.97. The van der Waals surface area contributed by atoms with E-state index in [1.54, 1.807) is 0 Å². The summed E-state index contributed by atoms with van der Waals surface area (Å²) >= 11 is 0. The zero-order valence-electron chi connectivity index (χ0n) is 13.6. The third kappa shape index (κ3) is 4.55. The van der Waals surface area contributed by atoms with E-state index in [0.29, 0.717) is 6.04 Å². The molecular weight excluding hydrogens is 256 g/mol. The summed E-state index contributed by atoms with van der Waals surface area (Å²) in [7, 11) is 0. The molecule has 2 nitrogen and oxygen atoms in total. The molecule has 1 N–H and O–H groups in total. The molecule has 1 aromatic rings. The van der Waals surface area contributed by atoms with Gasteiger partial charge in [-0.25, -0.2) is 0 Å². The lowest BCUT2D eigenvalue weighted by Crippen LogP contribution is -2.38. The molecular formula is C19H30N2. The molecule has 1 aromatic carbocycles. The quantitative estimate of drug-likeness (QED) is 0.740. The molecule has 2 aliphatic carbocycles. The van der Waals surface area contributed by atoms with Gasteiger partial charge in [-0.1, -0.05) is 36.8 Å². The SMILES string of the molecule is CCCNC(CN(CC1CC1)C1CC1)c1ccc(C)cc1. The van der Waals surface area contributed by atoms with Crippen LogP contribution in [-0.4, -0.2) is 30.6 Å². The average Bonchev–Trinajstić information content (AvgIpc) is 3.37. The van der Waals surface area contributed by atoms with Gasteiger partial charge in [-0.2, -0.15) is 0 Å². The lowest BCUT2D eigenvalue weighted by Gasteiger charge is -2.29. The van der Waals surface area contributed by atoms with Gasteiger partial charge in [0.15, 0.2) is 0 Å². The van der Waals surface area contributed by atoms with Crippen molar-refractivity contribution in [1.82, 2.24) is 10.2 Å². The van der Waals surface area contributed by atoms with E-state index < -0.39 is 0 Å². The molecule has 2 saturated carbocycles. The number of nitrogens with zero attached hydrogens (tertiary/aromatic N) is 1. The molecule has 0 amide bonds. The lowest BCUT2D eigenvalue weighted by atomic mass is 10.0. The van der Waals surface area contributed by atoms with Gasteiger partial charge in [-0.3, -0.25) is 4.90 Å². The van der Waals surface area contributed by atoms with Crippen molar-refractivity contribution in [1.29, 1.82) is 0 Å². The van der Waals surface area contributed by atoms with Crippen LogP contribution in [0.3, 0.4) is 0 Å². The standard InChI is InChI=1S/C19H30N2/c1-3-12-20-19(17-8-4-15(2)5-9-17)14-21(18-10-11-18)13-16-6-7-16/h4-5,8-9,16,18-20H,3,6-7,10-14H2,1-2H3. The van der Waals surface area contributed by atoms with E-state index >= 15 is 0 Å². The number of nitrogens with one attached hydrogen (secondary N) is 1. The van der Waals surface area contributed by atoms with Crippen LogP contribution in [0.15, 0.2) is 24.3 Å². The third-order valence-corrected chi connectivity index (χ3v) is 4.79. The van der Waals surface area contributed by atoms with Gasteiger partial charge in [0.05, 0.1) is 0 Å². The highest BCUT2D eigenvalue weighted by Crippen LogP contribution is 2.35. The smallest absolute Gasteiger partial charge is 0.0449 e. The summed E-state index contributed by atoms with van der Waals surface area (Å²) < 4.78 is 0. The second-order valence-electron chi connectivity index (χ2n) is 7.05. The van der Waals surface area contributed by atoms with Gasteiger partial charge in [0.25, 0.3) is 0 Å². The van der Waals surface area contributed by atoms with Gasteiger partial charge >= 0.3 is 0 Å². The van der Waals surface area contributed by atoms with Crippen LogP contribution in [0.25, 0.3) is 0 Å². The monoisotopic (exact) mass is 286 g/mol. The molecule has 21 heavy (non-hydrogen) atoms. The summed E-state index contributed by atoms with van der Waals surface area (Å²) in [5.41, 5.74) is 2.81. The maximum Gasteiger partial charge on any atom is 0.0449 e. The topological polar surface area (TPSA) is 15.3 Å². The van der Waals surface area contributed by atoms with E-state index in [0.717, 1.165) is 18.5 Å². The van der Waals surface area contributed by atoms with Crippen LogP contribution in [-0.2, 0) is 0 Å². The van der Waals surface area contributed by atoms with Gasteiger partial charge in [-0.15, -0.1) is 0 Å². The largest absolute Gasteiger partial charge is 0.309 e. The normalized spacial score (nSPS) is 20.0. The number of rotatable bonds is 9. The van der Waals surface area contributed by atoms with Crippen molar-refractivity contribution < 1.29 is 0 Å². The summed E-state index contributed by atoms with van der Waals surface area (Å²) in [4.78, 5) is 2.77. The van der Waals surface area contributed by atoms with Crippen LogP contribution in [0.5, 0.6) is 0 Å². The Morgan fingerprint density at radius 2 is 1.86 bits per heavy atom. The van der Waals surface area contributed by atoms with E-state index in [1.165, 1.54) is 56.3 Å². The number of aryl methyl sites for hydroxylation is 1. The van der Waals surface area contributed by atoms with Crippen molar-refractivity contribution in [3.05, 3.63) is 35.4 Å². The molecule has 0 heterocycles. The van der Waals surface area contributed by atoms with Gasteiger partial charge < -0.3 is 5.32 Å². The van der Waals surface area contributed by atoms with Crippen LogP contribution in [0.1, 0.15) is 56.2 Å². The fourth-order valence-electron chi connectivity index (χ4n) is 3.08. The fraction of sp³-hybridized carbons (Fsp3) is 0.684. The highest BCUT2D eigenvalue weighted by atomic mass is 15.2. The third-order valence-electron chi connectivity index (χ3n) is 4.79. The molecule has 1 unspecified atom stereocenters. The average molecular weight is 286 g/mol. The zero-order chi connectivity index (χ0) is 14.7. The molecule has 0 bridgehead atoms. The zero-order valence-corrected chi connectivity index (χ0v) is 13.6. The first-order valence-corrected chi connectivity index (χ1v) is 8.80. The van der Waals surface area contributed by atoms with Crippen LogP contribution >= 0.6 is 0 Å². The second kappa shape index (κ2) is 6.93. The molecule has 0 saturated heterocycles. The summed E-state index contributed by atoms with van der Waals surface area (Å²) in [6.45, 7) is 8.05. The van der Waals surface area contributed by atoms with E-state index in [2.05, 4.69) is 48.3 Å². The fourth-order valence-corrected chi connectivity index (χ4v) is 3.08. The Labute approximate surface area is 129 Å². The summed E-state index contributed by atoms with van der Waals surface area (Å²) in [5, 5.41) is 3.77. The van der Waals surface area contributed by atoms with Crippen molar-refractivity contribution >= 4 is 0 Å². The van der Waals surface area contributed by atoms with Crippen LogP contribution in [0, 0.1) is 12.8 Å². The highest BCUT2D eigenvalue weighted by molar-refractivity contribution is 5.24. The van der Waals surface area contributed by atoms with Crippen molar-refractivity contribution in [3.63, 3.8) is 0 Å². The number of hydrogen-bond acceptors (Lipinski definition) is 2. The predicted octanol–water partition coefficient (Wildman–Crippen LogP) is 3.91. The Morgan fingerprint density at radius 1 is 1.14 bits per heavy atom. The minimum absolute atomic E-state index is 0.491. The summed E-state index contributed by atoms with van der Waals surface area (Å²) in [6, 6.07) is 10.5. The molecule has 3 rings (SSSR count). The van der Waals surface area contributed by atoms with Gasteiger partial charge in [0.1, 0.15) is 0 Å².